The van der Waals surface area contributed by atoms with Gasteiger partial charge in [-0.15, -0.1) is 0 Å². The van der Waals surface area contributed by atoms with Gasteiger partial charge >= 0.3 is 0 Å². The molecule has 0 atom stereocenters. The zero-order chi connectivity index (χ0) is 20.5. The van der Waals surface area contributed by atoms with Gasteiger partial charge in [0.15, 0.2) is 0 Å². The number of sulfonamides is 1. The number of nitrogens with zero attached hydrogens (tertiary/aromatic N) is 2. The predicted molar refractivity (Wildman–Crippen MR) is 111 cm³/mol. The third-order valence-electron chi connectivity index (χ3n) is 5.51. The molecule has 8 nitrogen and oxygen atoms in total. The van der Waals surface area contributed by atoms with Crippen molar-refractivity contribution < 1.29 is 17.9 Å². The summed E-state index contributed by atoms with van der Waals surface area (Å²) < 4.78 is 32.1. The molecule has 2 fully saturated rings. The van der Waals surface area contributed by atoms with Crippen LogP contribution in [0.3, 0.4) is 0 Å². The molecule has 1 amide bonds. The number of piperazine rings is 1. The minimum atomic E-state index is -3.53. The number of carbonyl (C=O) groups excluding carboxylic acids is 1. The number of carbonyl (C=O) groups is 1. The number of ether oxygens (including phenoxy) is 1. The second-order valence-corrected chi connectivity index (χ2v) is 9.41. The van der Waals surface area contributed by atoms with E-state index >= 15 is 0 Å². The van der Waals surface area contributed by atoms with Crippen molar-refractivity contribution in [3.05, 3.63) is 30.3 Å². The van der Waals surface area contributed by atoms with E-state index in [9.17, 15) is 13.2 Å². The lowest BCUT2D eigenvalue weighted by Crippen LogP contribution is -2.47. The van der Waals surface area contributed by atoms with E-state index in [0.29, 0.717) is 5.92 Å². The third kappa shape index (κ3) is 7.04. The molecule has 0 bridgehead atoms. The maximum atomic E-state index is 12.3. The minimum absolute atomic E-state index is 0.00444. The molecular weight excluding hydrogens is 392 g/mol. The smallest absolute Gasteiger partial charge is 0.248 e. The second-order valence-electron chi connectivity index (χ2n) is 7.64. The van der Waals surface area contributed by atoms with E-state index in [0.717, 1.165) is 58.7 Å². The molecule has 2 aliphatic rings. The highest BCUT2D eigenvalue weighted by Crippen LogP contribution is 2.19. The van der Waals surface area contributed by atoms with E-state index in [1.807, 2.05) is 4.90 Å². The van der Waals surface area contributed by atoms with Gasteiger partial charge in [-0.1, -0.05) is 18.2 Å². The summed E-state index contributed by atoms with van der Waals surface area (Å²) in [6.07, 6.45) is 2.07. The Morgan fingerprint density at radius 1 is 1.10 bits per heavy atom. The molecule has 2 aliphatic heterocycles. The van der Waals surface area contributed by atoms with Gasteiger partial charge in [-0.2, -0.15) is 0 Å². The summed E-state index contributed by atoms with van der Waals surface area (Å²) in [7, 11) is -3.53. The van der Waals surface area contributed by atoms with Gasteiger partial charge in [0.2, 0.25) is 15.9 Å². The summed E-state index contributed by atoms with van der Waals surface area (Å²) in [5.74, 6) is 0.641. The molecule has 2 N–H and O–H groups in total. The largest absolute Gasteiger partial charge is 0.370 e. The SMILES string of the molecule is O=C(COCCNS(=O)(=O)c1ccccc1)N1CCC(CN2CCNCC2)CC1. The van der Waals surface area contributed by atoms with Crippen molar-refractivity contribution in [2.45, 2.75) is 17.7 Å². The van der Waals surface area contributed by atoms with Crippen LogP contribution in [0.1, 0.15) is 12.8 Å². The summed E-state index contributed by atoms with van der Waals surface area (Å²) in [5, 5.41) is 3.37. The first-order chi connectivity index (χ1) is 14.0. The van der Waals surface area contributed by atoms with Crippen LogP contribution < -0.4 is 10.0 Å². The average molecular weight is 425 g/mol. The van der Waals surface area contributed by atoms with Gasteiger partial charge in [0, 0.05) is 52.4 Å². The molecule has 2 saturated heterocycles. The van der Waals surface area contributed by atoms with E-state index in [2.05, 4.69) is 14.9 Å². The Labute approximate surface area is 173 Å². The van der Waals surface area contributed by atoms with Gasteiger partial charge in [0.1, 0.15) is 6.61 Å². The van der Waals surface area contributed by atoms with Crippen molar-refractivity contribution in [3.63, 3.8) is 0 Å². The van der Waals surface area contributed by atoms with Crippen molar-refractivity contribution in [1.29, 1.82) is 0 Å². The van der Waals surface area contributed by atoms with Gasteiger partial charge in [-0.25, -0.2) is 13.1 Å². The van der Waals surface area contributed by atoms with Crippen LogP contribution in [0.5, 0.6) is 0 Å². The van der Waals surface area contributed by atoms with E-state index in [-0.39, 0.29) is 30.6 Å². The van der Waals surface area contributed by atoms with Gasteiger partial charge in [0.25, 0.3) is 0 Å². The van der Waals surface area contributed by atoms with E-state index in [1.165, 1.54) is 0 Å². The summed E-state index contributed by atoms with van der Waals surface area (Å²) in [5.41, 5.74) is 0. The molecule has 3 rings (SSSR count). The Morgan fingerprint density at radius 3 is 2.48 bits per heavy atom. The first-order valence-corrected chi connectivity index (χ1v) is 11.9. The fraction of sp³-hybridized carbons (Fsp3) is 0.650. The fourth-order valence-corrected chi connectivity index (χ4v) is 4.84. The lowest BCUT2D eigenvalue weighted by molar-refractivity contribution is -0.137. The van der Waals surface area contributed by atoms with Crippen LogP contribution in [0.15, 0.2) is 35.2 Å². The highest BCUT2D eigenvalue weighted by Gasteiger charge is 2.24. The number of hydrogen-bond acceptors (Lipinski definition) is 6. The maximum absolute atomic E-state index is 12.3. The molecular formula is C20H32N4O4S. The van der Waals surface area contributed by atoms with Gasteiger partial charge in [0.05, 0.1) is 11.5 Å². The number of rotatable bonds is 9. The van der Waals surface area contributed by atoms with Gasteiger partial charge in [-0.05, 0) is 30.9 Å². The Kier molecular flexibility index (Phi) is 8.43. The third-order valence-corrected chi connectivity index (χ3v) is 6.99. The quantitative estimate of drug-likeness (QED) is 0.548. The Bertz CT molecular complexity index is 730. The lowest BCUT2D eigenvalue weighted by Gasteiger charge is -2.36. The molecule has 1 aromatic rings. The standard InChI is InChI=1S/C20H32N4O4S/c25-20(17-28-15-10-22-29(26,27)19-4-2-1-3-5-19)24-11-6-18(7-12-24)16-23-13-8-21-9-14-23/h1-5,18,21-22H,6-17H2. The monoisotopic (exact) mass is 424 g/mol. The van der Waals surface area contributed by atoms with Gasteiger partial charge in [-0.3, -0.25) is 4.79 Å². The van der Waals surface area contributed by atoms with Crippen LogP contribution >= 0.6 is 0 Å². The van der Waals surface area contributed by atoms with Crippen molar-refractivity contribution >= 4 is 15.9 Å². The van der Waals surface area contributed by atoms with Crippen molar-refractivity contribution in [2.75, 3.05) is 65.6 Å². The molecule has 1 aromatic carbocycles. The molecule has 0 spiro atoms. The molecule has 0 aromatic heterocycles. The Balaban J connectivity index is 1.28. The highest BCUT2D eigenvalue weighted by atomic mass is 32.2. The molecule has 0 aliphatic carbocycles. The van der Waals surface area contributed by atoms with E-state index in [1.54, 1.807) is 30.3 Å². The van der Waals surface area contributed by atoms with Crippen LogP contribution in [-0.2, 0) is 19.6 Å². The van der Waals surface area contributed by atoms with Crippen LogP contribution in [0.2, 0.25) is 0 Å². The van der Waals surface area contributed by atoms with E-state index in [4.69, 9.17) is 4.74 Å². The summed E-state index contributed by atoms with van der Waals surface area (Å²) in [6, 6.07) is 8.20. The Morgan fingerprint density at radius 2 is 1.79 bits per heavy atom. The minimum Gasteiger partial charge on any atom is -0.370 e. The summed E-state index contributed by atoms with van der Waals surface area (Å²) in [6.45, 7) is 7.33. The summed E-state index contributed by atoms with van der Waals surface area (Å²) >= 11 is 0. The second kappa shape index (κ2) is 11.0. The highest BCUT2D eigenvalue weighted by molar-refractivity contribution is 7.89. The zero-order valence-corrected chi connectivity index (χ0v) is 17.7. The van der Waals surface area contributed by atoms with Crippen LogP contribution in [0.4, 0.5) is 0 Å². The summed E-state index contributed by atoms with van der Waals surface area (Å²) in [4.78, 5) is 16.9. The number of likely N-dealkylation sites (tertiary alicyclic amines) is 1. The molecule has 162 valence electrons. The molecule has 9 heteroatoms. The van der Waals surface area contributed by atoms with Crippen LogP contribution in [-0.4, -0.2) is 89.7 Å². The first kappa shape index (κ1) is 22.2. The van der Waals surface area contributed by atoms with Crippen LogP contribution in [0, 0.1) is 5.92 Å². The fourth-order valence-electron chi connectivity index (χ4n) is 3.81. The number of nitrogens with one attached hydrogen (secondary N) is 2. The zero-order valence-electron chi connectivity index (χ0n) is 16.9. The number of amides is 1. The van der Waals surface area contributed by atoms with Crippen molar-refractivity contribution in [2.24, 2.45) is 5.92 Å². The van der Waals surface area contributed by atoms with Crippen molar-refractivity contribution in [1.82, 2.24) is 19.8 Å². The lowest BCUT2D eigenvalue weighted by atomic mass is 9.96. The van der Waals surface area contributed by atoms with Gasteiger partial charge < -0.3 is 19.9 Å². The normalized spacial score (nSPS) is 19.4. The first-order valence-electron chi connectivity index (χ1n) is 10.4. The molecule has 0 unspecified atom stereocenters. The number of piperidine rings is 1. The predicted octanol–water partition coefficient (Wildman–Crippen LogP) is 0.125. The number of hydrogen-bond donors (Lipinski definition) is 2. The topological polar surface area (TPSA) is 91.0 Å². The molecule has 29 heavy (non-hydrogen) atoms. The molecule has 0 saturated carbocycles. The van der Waals surface area contributed by atoms with Crippen LogP contribution in [0.25, 0.3) is 0 Å². The Hall–Kier alpha value is -1.52. The average Bonchev–Trinajstić information content (AvgIpc) is 2.75. The maximum Gasteiger partial charge on any atom is 0.248 e. The molecule has 0 radical (unpaired) electrons. The van der Waals surface area contributed by atoms with Crippen molar-refractivity contribution in [3.8, 4) is 0 Å². The van der Waals surface area contributed by atoms with E-state index < -0.39 is 10.0 Å². The number of benzene rings is 1. The molecule has 2 heterocycles.